The van der Waals surface area contributed by atoms with Gasteiger partial charge in [-0.1, -0.05) is 0 Å². The number of quaternary nitrogens is 1. The number of hydrogen-bond donors (Lipinski definition) is 0. The first kappa shape index (κ1) is 18.1. The zero-order valence-electron chi connectivity index (χ0n) is 10.8. The van der Waals surface area contributed by atoms with Gasteiger partial charge in [-0.05, 0) is 21.0 Å². The van der Waals surface area contributed by atoms with Crippen LogP contribution < -0.4 is 0 Å². The summed E-state index contributed by atoms with van der Waals surface area (Å²) in [6.45, 7) is 5.97. The number of nitrogens with zero attached hydrogens (tertiary/aromatic N) is 2. The molecular weight excluding hydrogens is 223 g/mol. The molecule has 0 fully saturated rings. The van der Waals surface area contributed by atoms with Crippen LogP contribution in [0.1, 0.15) is 13.3 Å². The van der Waals surface area contributed by atoms with Crippen LogP contribution in [0.4, 0.5) is 17.3 Å². The van der Waals surface area contributed by atoms with Gasteiger partial charge in [0.1, 0.15) is 0 Å². The average molecular weight is 246 g/mol. The molecule has 16 heavy (non-hydrogen) atoms. The van der Waals surface area contributed by atoms with Crippen molar-refractivity contribution in [3.05, 3.63) is 0 Å². The highest BCUT2D eigenvalue weighted by Gasteiger charge is 2.20. The fraction of sp³-hybridized carbons (Fsp3) is 1.00. The smallest absolute Gasteiger partial charge is 0.418 e. The lowest BCUT2D eigenvalue weighted by Gasteiger charge is -2.28. The molecule has 0 saturated heterocycles. The predicted octanol–water partition coefficient (Wildman–Crippen LogP) is 2.33. The first-order chi connectivity index (χ1) is 6.98. The van der Waals surface area contributed by atoms with Crippen LogP contribution in [0.5, 0.6) is 0 Å². The molecule has 0 spiro atoms. The third kappa shape index (κ3) is 23.5. The standard InChI is InChI=1S/C9H23N2.BF4/c1-6-11(4,5)9-7-8-10(2)3;2-1(3,4)5/h6-9H2,1-5H3;/q+1;-1. The molecule has 0 radical (unpaired) electrons. The van der Waals surface area contributed by atoms with Gasteiger partial charge in [-0.3, -0.25) is 0 Å². The fourth-order valence-electron chi connectivity index (χ4n) is 0.973. The van der Waals surface area contributed by atoms with E-state index in [2.05, 4.69) is 40.0 Å². The largest absolute Gasteiger partial charge is 0.673 e. The van der Waals surface area contributed by atoms with Crippen LogP contribution in [-0.4, -0.2) is 64.5 Å². The van der Waals surface area contributed by atoms with Crippen molar-refractivity contribution in [2.45, 2.75) is 13.3 Å². The van der Waals surface area contributed by atoms with Crippen molar-refractivity contribution in [2.75, 3.05) is 47.8 Å². The summed E-state index contributed by atoms with van der Waals surface area (Å²) in [5, 5.41) is 0. The second-order valence-corrected chi connectivity index (χ2v) is 4.63. The minimum Gasteiger partial charge on any atom is -0.418 e. The molecule has 0 saturated carbocycles. The molecule has 0 amide bonds. The average Bonchev–Trinajstić information content (AvgIpc) is 2.00. The third-order valence-corrected chi connectivity index (χ3v) is 2.22. The molecule has 0 aliphatic carbocycles. The lowest BCUT2D eigenvalue weighted by Crippen LogP contribution is -2.40. The molecule has 0 aliphatic rings. The van der Waals surface area contributed by atoms with Crippen LogP contribution in [0.15, 0.2) is 0 Å². The molecule has 0 atom stereocenters. The summed E-state index contributed by atoms with van der Waals surface area (Å²) >= 11 is 0. The van der Waals surface area contributed by atoms with E-state index in [4.69, 9.17) is 0 Å². The summed E-state index contributed by atoms with van der Waals surface area (Å²) in [5.41, 5.74) is 0. The Kier molecular flexibility index (Phi) is 8.92. The van der Waals surface area contributed by atoms with E-state index in [0.29, 0.717) is 0 Å². The summed E-state index contributed by atoms with van der Waals surface area (Å²) in [6.07, 6.45) is 1.30. The van der Waals surface area contributed by atoms with Crippen molar-refractivity contribution in [1.82, 2.24) is 4.90 Å². The van der Waals surface area contributed by atoms with E-state index in [1.807, 2.05) is 0 Å². The third-order valence-electron chi connectivity index (χ3n) is 2.22. The summed E-state index contributed by atoms with van der Waals surface area (Å²) in [7, 11) is 2.84. The second-order valence-electron chi connectivity index (χ2n) is 4.63. The molecule has 0 aromatic heterocycles. The zero-order valence-corrected chi connectivity index (χ0v) is 10.8. The quantitative estimate of drug-likeness (QED) is 0.409. The van der Waals surface area contributed by atoms with E-state index >= 15 is 0 Å². The van der Waals surface area contributed by atoms with Crippen molar-refractivity contribution < 1.29 is 21.7 Å². The van der Waals surface area contributed by atoms with Crippen molar-refractivity contribution in [1.29, 1.82) is 0 Å². The Balaban J connectivity index is 0. The number of halogens is 4. The number of rotatable bonds is 5. The van der Waals surface area contributed by atoms with Gasteiger partial charge in [0.2, 0.25) is 0 Å². The van der Waals surface area contributed by atoms with E-state index in [9.17, 15) is 17.3 Å². The Morgan fingerprint density at radius 2 is 1.44 bits per heavy atom. The van der Waals surface area contributed by atoms with Crippen molar-refractivity contribution >= 4 is 7.25 Å². The van der Waals surface area contributed by atoms with E-state index < -0.39 is 7.25 Å². The van der Waals surface area contributed by atoms with E-state index in [-0.39, 0.29) is 0 Å². The number of hydrogen-bond acceptors (Lipinski definition) is 1. The van der Waals surface area contributed by atoms with Gasteiger partial charge < -0.3 is 26.6 Å². The highest BCUT2D eigenvalue weighted by molar-refractivity contribution is 6.50. The van der Waals surface area contributed by atoms with Crippen molar-refractivity contribution in [2.24, 2.45) is 0 Å². The van der Waals surface area contributed by atoms with Gasteiger partial charge >= 0.3 is 7.25 Å². The predicted molar refractivity (Wildman–Crippen MR) is 60.9 cm³/mol. The Morgan fingerprint density at radius 3 is 1.69 bits per heavy atom. The highest BCUT2D eigenvalue weighted by Crippen LogP contribution is 2.06. The van der Waals surface area contributed by atoms with Crippen LogP contribution in [0.3, 0.4) is 0 Å². The van der Waals surface area contributed by atoms with Gasteiger partial charge in [0.15, 0.2) is 0 Å². The Bertz CT molecular complexity index is 165. The van der Waals surface area contributed by atoms with Gasteiger partial charge in [0, 0.05) is 13.0 Å². The van der Waals surface area contributed by atoms with Crippen LogP contribution in [0, 0.1) is 0 Å². The molecule has 0 aromatic rings. The molecule has 0 heterocycles. The van der Waals surface area contributed by atoms with Crippen LogP contribution in [-0.2, 0) is 0 Å². The van der Waals surface area contributed by atoms with E-state index in [1.54, 1.807) is 0 Å². The van der Waals surface area contributed by atoms with E-state index in [1.165, 1.54) is 26.1 Å². The Morgan fingerprint density at radius 1 is 1.06 bits per heavy atom. The maximum atomic E-state index is 9.75. The Labute approximate surface area is 95.9 Å². The summed E-state index contributed by atoms with van der Waals surface area (Å²) in [6, 6.07) is 0. The van der Waals surface area contributed by atoms with Gasteiger partial charge in [-0.25, -0.2) is 0 Å². The minimum atomic E-state index is -6.00. The lowest BCUT2D eigenvalue weighted by atomic mass is 10.3. The highest BCUT2D eigenvalue weighted by atomic mass is 19.5. The molecule has 0 aromatic carbocycles. The van der Waals surface area contributed by atoms with Crippen LogP contribution in [0.25, 0.3) is 0 Å². The maximum Gasteiger partial charge on any atom is 0.673 e. The lowest BCUT2D eigenvalue weighted by molar-refractivity contribution is -0.888. The minimum absolute atomic E-state index is 1.15. The van der Waals surface area contributed by atoms with Gasteiger partial charge in [-0.15, -0.1) is 0 Å². The molecule has 0 N–H and O–H groups in total. The first-order valence-electron chi connectivity index (χ1n) is 5.32. The summed E-state index contributed by atoms with van der Waals surface area (Å²) < 4.78 is 40.1. The molecular formula is C9H23BF4N2. The van der Waals surface area contributed by atoms with Gasteiger partial charge in [0.05, 0.1) is 27.2 Å². The van der Waals surface area contributed by atoms with Crippen molar-refractivity contribution in [3.63, 3.8) is 0 Å². The zero-order chi connectivity index (χ0) is 13.4. The van der Waals surface area contributed by atoms with Crippen LogP contribution >= 0.6 is 0 Å². The molecule has 2 nitrogen and oxygen atoms in total. The van der Waals surface area contributed by atoms with Gasteiger partial charge in [-0.2, -0.15) is 0 Å². The topological polar surface area (TPSA) is 3.24 Å². The van der Waals surface area contributed by atoms with E-state index in [0.717, 1.165) is 4.48 Å². The normalized spacial score (nSPS) is 12.4. The maximum absolute atomic E-state index is 9.75. The molecule has 100 valence electrons. The van der Waals surface area contributed by atoms with Gasteiger partial charge in [0.25, 0.3) is 0 Å². The van der Waals surface area contributed by atoms with Crippen LogP contribution in [0.2, 0.25) is 0 Å². The first-order valence-corrected chi connectivity index (χ1v) is 5.32. The van der Waals surface area contributed by atoms with Crippen molar-refractivity contribution in [3.8, 4) is 0 Å². The monoisotopic (exact) mass is 246 g/mol. The molecule has 7 heteroatoms. The molecule has 0 unspecified atom stereocenters. The fourth-order valence-corrected chi connectivity index (χ4v) is 0.973. The summed E-state index contributed by atoms with van der Waals surface area (Å²) in [4.78, 5) is 2.25. The Hall–Kier alpha value is -0.295. The SMILES string of the molecule is CC[N+](C)(C)CCCN(C)C.F[B-](F)(F)F. The molecule has 0 bridgehead atoms. The summed E-state index contributed by atoms with van der Waals surface area (Å²) in [5.74, 6) is 0. The molecule has 0 aliphatic heterocycles. The molecule has 0 rings (SSSR count). The second kappa shape index (κ2) is 7.89.